The molecule has 0 amide bonds. The zero-order chi connectivity index (χ0) is 11.5. The van der Waals surface area contributed by atoms with E-state index in [1.165, 1.54) is 0 Å². The second-order valence-electron chi connectivity index (χ2n) is 4.44. The standard InChI is InChI=1S/C12H17ClN2O/c1-8-6-7-14-12(13)11(8)15-9-2-4-10(16)5-3-9/h6-7,9-10,15-16H,2-5H2,1H3. The van der Waals surface area contributed by atoms with Gasteiger partial charge in [0.05, 0.1) is 11.8 Å². The van der Waals surface area contributed by atoms with E-state index in [1.54, 1.807) is 6.20 Å². The number of halogens is 1. The average Bonchev–Trinajstić information content (AvgIpc) is 2.26. The van der Waals surface area contributed by atoms with Crippen molar-refractivity contribution in [2.75, 3.05) is 5.32 Å². The first-order valence-corrected chi connectivity index (χ1v) is 6.10. The maximum atomic E-state index is 9.44. The summed E-state index contributed by atoms with van der Waals surface area (Å²) in [6.45, 7) is 2.02. The molecule has 0 spiro atoms. The molecule has 16 heavy (non-hydrogen) atoms. The van der Waals surface area contributed by atoms with Crippen LogP contribution >= 0.6 is 11.6 Å². The van der Waals surface area contributed by atoms with Crippen LogP contribution < -0.4 is 5.32 Å². The number of rotatable bonds is 2. The second kappa shape index (κ2) is 5.02. The number of aryl methyl sites for hydroxylation is 1. The van der Waals surface area contributed by atoms with Crippen LogP contribution in [0, 0.1) is 6.92 Å². The first kappa shape index (κ1) is 11.7. The van der Waals surface area contributed by atoms with Crippen LogP contribution in [0.25, 0.3) is 0 Å². The quantitative estimate of drug-likeness (QED) is 0.782. The van der Waals surface area contributed by atoms with Gasteiger partial charge < -0.3 is 10.4 Å². The van der Waals surface area contributed by atoms with Gasteiger partial charge in [0.2, 0.25) is 0 Å². The second-order valence-corrected chi connectivity index (χ2v) is 4.80. The van der Waals surface area contributed by atoms with Crippen molar-refractivity contribution in [3.8, 4) is 0 Å². The fraction of sp³-hybridized carbons (Fsp3) is 0.583. The molecule has 3 nitrogen and oxygen atoms in total. The fourth-order valence-electron chi connectivity index (χ4n) is 2.12. The van der Waals surface area contributed by atoms with Crippen LogP contribution in [0.4, 0.5) is 5.69 Å². The van der Waals surface area contributed by atoms with E-state index in [2.05, 4.69) is 10.3 Å². The number of aliphatic hydroxyl groups excluding tert-OH is 1. The van der Waals surface area contributed by atoms with Crippen LogP contribution in [0.2, 0.25) is 5.15 Å². The molecule has 2 N–H and O–H groups in total. The largest absolute Gasteiger partial charge is 0.393 e. The third-order valence-electron chi connectivity index (χ3n) is 3.16. The van der Waals surface area contributed by atoms with Crippen molar-refractivity contribution < 1.29 is 5.11 Å². The van der Waals surface area contributed by atoms with Gasteiger partial charge in [-0.25, -0.2) is 4.98 Å². The normalized spacial score (nSPS) is 25.4. The summed E-state index contributed by atoms with van der Waals surface area (Å²) in [4.78, 5) is 4.07. The summed E-state index contributed by atoms with van der Waals surface area (Å²) >= 11 is 6.05. The first-order valence-electron chi connectivity index (χ1n) is 5.72. The number of nitrogens with zero attached hydrogens (tertiary/aromatic N) is 1. The monoisotopic (exact) mass is 240 g/mol. The predicted octanol–water partition coefficient (Wildman–Crippen LogP) is 2.76. The third-order valence-corrected chi connectivity index (χ3v) is 3.44. The van der Waals surface area contributed by atoms with Crippen LogP contribution in [0.3, 0.4) is 0 Å². The maximum Gasteiger partial charge on any atom is 0.152 e. The summed E-state index contributed by atoms with van der Waals surface area (Å²) in [7, 11) is 0. The lowest BCUT2D eigenvalue weighted by Crippen LogP contribution is -2.28. The molecule has 0 radical (unpaired) electrons. The molecule has 0 bridgehead atoms. The van der Waals surface area contributed by atoms with Crippen molar-refractivity contribution in [1.29, 1.82) is 0 Å². The Kier molecular flexibility index (Phi) is 3.66. The molecule has 1 heterocycles. The maximum absolute atomic E-state index is 9.44. The number of hydrogen-bond acceptors (Lipinski definition) is 3. The van der Waals surface area contributed by atoms with Crippen molar-refractivity contribution >= 4 is 17.3 Å². The molecule has 1 aliphatic carbocycles. The lowest BCUT2D eigenvalue weighted by atomic mass is 9.93. The zero-order valence-electron chi connectivity index (χ0n) is 9.41. The lowest BCUT2D eigenvalue weighted by Gasteiger charge is -2.27. The van der Waals surface area contributed by atoms with Crippen LogP contribution in [-0.4, -0.2) is 22.2 Å². The van der Waals surface area contributed by atoms with E-state index in [4.69, 9.17) is 11.6 Å². The molecule has 88 valence electrons. The van der Waals surface area contributed by atoms with Gasteiger partial charge in [0.1, 0.15) is 0 Å². The minimum Gasteiger partial charge on any atom is -0.393 e. The summed E-state index contributed by atoms with van der Waals surface area (Å²) in [5.74, 6) is 0. The highest BCUT2D eigenvalue weighted by atomic mass is 35.5. The van der Waals surface area contributed by atoms with E-state index < -0.39 is 0 Å². The van der Waals surface area contributed by atoms with Gasteiger partial charge in [0, 0.05) is 12.2 Å². The summed E-state index contributed by atoms with van der Waals surface area (Å²) in [6, 6.07) is 2.36. The van der Waals surface area contributed by atoms with Crippen LogP contribution in [0.15, 0.2) is 12.3 Å². The average molecular weight is 241 g/mol. The van der Waals surface area contributed by atoms with Gasteiger partial charge in [-0.15, -0.1) is 0 Å². The number of aliphatic hydroxyl groups is 1. The molecule has 1 aliphatic rings. The minimum absolute atomic E-state index is 0.122. The minimum atomic E-state index is -0.122. The Morgan fingerprint density at radius 3 is 2.69 bits per heavy atom. The molecule has 4 heteroatoms. The Balaban J connectivity index is 2.04. The van der Waals surface area contributed by atoms with Gasteiger partial charge in [-0.3, -0.25) is 0 Å². The molecule has 1 aromatic rings. The molecule has 2 rings (SSSR count). The third kappa shape index (κ3) is 2.66. The van der Waals surface area contributed by atoms with Gasteiger partial charge in [0.15, 0.2) is 5.15 Å². The van der Waals surface area contributed by atoms with E-state index in [9.17, 15) is 5.11 Å². The van der Waals surface area contributed by atoms with Crippen molar-refractivity contribution in [2.24, 2.45) is 0 Å². The van der Waals surface area contributed by atoms with E-state index >= 15 is 0 Å². The highest BCUT2D eigenvalue weighted by molar-refractivity contribution is 6.32. The summed E-state index contributed by atoms with van der Waals surface area (Å²) in [6.07, 6.45) is 5.32. The van der Waals surface area contributed by atoms with Crippen molar-refractivity contribution in [1.82, 2.24) is 4.98 Å². The summed E-state index contributed by atoms with van der Waals surface area (Å²) in [5.41, 5.74) is 2.05. The van der Waals surface area contributed by atoms with Crippen molar-refractivity contribution in [3.05, 3.63) is 23.0 Å². The molecule has 0 atom stereocenters. The van der Waals surface area contributed by atoms with E-state index in [0.29, 0.717) is 11.2 Å². The first-order chi connectivity index (χ1) is 7.66. The zero-order valence-corrected chi connectivity index (χ0v) is 10.2. The Morgan fingerprint density at radius 2 is 2.06 bits per heavy atom. The SMILES string of the molecule is Cc1ccnc(Cl)c1NC1CCC(O)CC1. The number of pyridine rings is 1. The molecule has 0 aliphatic heterocycles. The van der Waals surface area contributed by atoms with Gasteiger partial charge in [0.25, 0.3) is 0 Å². The lowest BCUT2D eigenvalue weighted by molar-refractivity contribution is 0.126. The number of nitrogens with one attached hydrogen (secondary N) is 1. The van der Waals surface area contributed by atoms with Gasteiger partial charge in [-0.2, -0.15) is 0 Å². The summed E-state index contributed by atoms with van der Waals surface area (Å²) < 4.78 is 0. The molecular formula is C12H17ClN2O. The smallest absolute Gasteiger partial charge is 0.152 e. The highest BCUT2D eigenvalue weighted by Gasteiger charge is 2.20. The summed E-state index contributed by atoms with van der Waals surface area (Å²) in [5, 5.41) is 13.4. The van der Waals surface area contributed by atoms with E-state index in [0.717, 1.165) is 36.9 Å². The van der Waals surface area contributed by atoms with E-state index in [1.807, 2.05) is 13.0 Å². The van der Waals surface area contributed by atoms with Crippen molar-refractivity contribution in [2.45, 2.75) is 44.8 Å². The Labute approximate surface area is 101 Å². The molecule has 0 saturated heterocycles. The molecule has 1 saturated carbocycles. The van der Waals surface area contributed by atoms with Crippen LogP contribution in [0.5, 0.6) is 0 Å². The number of anilines is 1. The van der Waals surface area contributed by atoms with Gasteiger partial charge in [-0.05, 0) is 44.2 Å². The highest BCUT2D eigenvalue weighted by Crippen LogP contribution is 2.27. The Hall–Kier alpha value is -0.800. The predicted molar refractivity (Wildman–Crippen MR) is 65.9 cm³/mol. The Morgan fingerprint density at radius 1 is 1.38 bits per heavy atom. The van der Waals surface area contributed by atoms with Gasteiger partial charge in [-0.1, -0.05) is 11.6 Å². The fourth-order valence-corrected chi connectivity index (χ4v) is 2.38. The van der Waals surface area contributed by atoms with E-state index in [-0.39, 0.29) is 6.10 Å². The van der Waals surface area contributed by atoms with Crippen LogP contribution in [-0.2, 0) is 0 Å². The van der Waals surface area contributed by atoms with Crippen molar-refractivity contribution in [3.63, 3.8) is 0 Å². The number of hydrogen-bond donors (Lipinski definition) is 2. The Bertz CT molecular complexity index is 342. The van der Waals surface area contributed by atoms with Gasteiger partial charge >= 0.3 is 0 Å². The number of aromatic nitrogens is 1. The molecule has 1 aromatic heterocycles. The molecule has 1 fully saturated rings. The molecular weight excluding hydrogens is 224 g/mol. The molecule has 0 aromatic carbocycles. The topological polar surface area (TPSA) is 45.2 Å². The van der Waals surface area contributed by atoms with Crippen LogP contribution in [0.1, 0.15) is 31.2 Å². The molecule has 0 unspecified atom stereocenters.